The lowest BCUT2D eigenvalue weighted by Crippen LogP contribution is -2.11. The van der Waals surface area contributed by atoms with Crippen molar-refractivity contribution in [1.82, 2.24) is 25.2 Å². The second-order valence-electron chi connectivity index (χ2n) is 9.94. The molecule has 2 saturated carbocycles. The van der Waals surface area contributed by atoms with E-state index in [0.29, 0.717) is 6.07 Å². The molecule has 198 valence electrons. The number of aliphatic carboxylic acids is 1. The van der Waals surface area contributed by atoms with Crippen molar-refractivity contribution >= 4 is 5.97 Å². The van der Waals surface area contributed by atoms with E-state index in [0.717, 1.165) is 34.1 Å². The Kier molecular flexibility index (Phi) is 4.60. The molecule has 1 N–H and O–H groups in total. The Balaban J connectivity index is 1.19. The van der Waals surface area contributed by atoms with Gasteiger partial charge in [0.2, 0.25) is 11.7 Å². The normalized spacial score (nSPS) is 23.8. The van der Waals surface area contributed by atoms with Gasteiger partial charge in [-0.2, -0.15) is 18.0 Å². The third kappa shape index (κ3) is 3.25. The molecule has 8 nitrogen and oxygen atoms in total. The summed E-state index contributed by atoms with van der Waals surface area (Å²) in [5, 5.41) is 20.9. The summed E-state index contributed by atoms with van der Waals surface area (Å²) in [6, 6.07) is 6.30. The molecule has 0 amide bonds. The molecule has 8 rings (SSSR count). The number of nitrogens with zero attached hydrogens (tertiary/aromatic N) is 5. The molecule has 0 saturated heterocycles. The molecule has 0 spiro atoms. The summed E-state index contributed by atoms with van der Waals surface area (Å²) in [5.41, 5.74) is -1.39. The van der Waals surface area contributed by atoms with E-state index in [1.165, 1.54) is 19.3 Å². The van der Waals surface area contributed by atoms with E-state index in [9.17, 15) is 27.5 Å². The lowest BCUT2D eigenvalue weighted by atomic mass is 9.95. The van der Waals surface area contributed by atoms with Gasteiger partial charge in [-0.3, -0.25) is 4.79 Å². The number of carbonyl (C=O) groups is 1. The molecule has 2 fully saturated rings. The minimum Gasteiger partial charge on any atom is -0.481 e. The number of carboxylic acid groups (broad SMARTS) is 1. The first-order chi connectivity index (χ1) is 18.5. The van der Waals surface area contributed by atoms with Crippen LogP contribution in [0, 0.1) is 23.0 Å². The maximum Gasteiger partial charge on any atom is 0.417 e. The van der Waals surface area contributed by atoms with E-state index in [1.54, 1.807) is 6.07 Å². The Morgan fingerprint density at radius 1 is 1.08 bits per heavy atom. The number of halogens is 5. The number of pyridine rings is 1. The average molecular weight is 541 g/mol. The van der Waals surface area contributed by atoms with Crippen molar-refractivity contribution in [3.63, 3.8) is 0 Å². The van der Waals surface area contributed by atoms with Crippen LogP contribution in [0.4, 0.5) is 22.0 Å². The van der Waals surface area contributed by atoms with Gasteiger partial charge in [0.1, 0.15) is 18.2 Å². The molecule has 2 bridgehead atoms. The van der Waals surface area contributed by atoms with Crippen LogP contribution in [0.3, 0.4) is 0 Å². The smallest absolute Gasteiger partial charge is 0.417 e. The zero-order chi connectivity index (χ0) is 27.4. The summed E-state index contributed by atoms with van der Waals surface area (Å²) < 4.78 is 77.0. The predicted octanol–water partition coefficient (Wildman–Crippen LogP) is 4.71. The van der Waals surface area contributed by atoms with Crippen LogP contribution in [0.15, 0.2) is 42.6 Å². The molecular formula is C26H16F5N5O3. The van der Waals surface area contributed by atoms with Gasteiger partial charge in [-0.15, -0.1) is 10.2 Å². The highest BCUT2D eigenvalue weighted by Crippen LogP contribution is 2.96. The summed E-state index contributed by atoms with van der Waals surface area (Å²) in [6.07, 6.45) is -3.42. The lowest BCUT2D eigenvalue weighted by molar-refractivity contribution is -0.141. The molecular weight excluding hydrogens is 525 g/mol. The Labute approximate surface area is 216 Å². The number of hydrogen-bond donors (Lipinski definition) is 1. The summed E-state index contributed by atoms with van der Waals surface area (Å²) in [7, 11) is 1.51. The molecule has 13 heteroatoms. The van der Waals surface area contributed by atoms with E-state index in [4.69, 9.17) is 4.74 Å². The maximum atomic E-state index is 15.1. The van der Waals surface area contributed by atoms with Gasteiger partial charge in [-0.1, -0.05) is 12.1 Å². The van der Waals surface area contributed by atoms with Gasteiger partial charge >= 0.3 is 12.1 Å². The summed E-state index contributed by atoms with van der Waals surface area (Å²) >= 11 is 0. The third-order valence-electron chi connectivity index (χ3n) is 7.96. The lowest BCUT2D eigenvalue weighted by Gasteiger charge is -2.17. The topological polar surface area (TPSA) is 103 Å². The number of tetrazole rings is 1. The van der Waals surface area contributed by atoms with Gasteiger partial charge in [0, 0.05) is 40.8 Å². The summed E-state index contributed by atoms with van der Waals surface area (Å²) in [6.45, 7) is -0.479. The van der Waals surface area contributed by atoms with Crippen molar-refractivity contribution in [2.24, 2.45) is 18.4 Å². The second kappa shape index (κ2) is 7.58. The van der Waals surface area contributed by atoms with Crippen LogP contribution in [0.25, 0.3) is 22.5 Å². The molecule has 4 atom stereocenters. The van der Waals surface area contributed by atoms with Crippen LogP contribution in [0.1, 0.15) is 34.1 Å². The summed E-state index contributed by atoms with van der Waals surface area (Å²) in [4.78, 5) is 17.0. The van der Waals surface area contributed by atoms with Crippen molar-refractivity contribution < 1.29 is 36.6 Å². The monoisotopic (exact) mass is 541 g/mol. The Morgan fingerprint density at radius 2 is 1.85 bits per heavy atom. The highest BCUT2D eigenvalue weighted by molar-refractivity contribution is 5.93. The minimum atomic E-state index is -4.96. The first kappa shape index (κ1) is 23.7. The highest BCUT2D eigenvalue weighted by Gasteiger charge is 2.95. The Hall–Kier alpha value is -4.42. The number of ether oxygens (including phenoxy) is 1. The van der Waals surface area contributed by atoms with E-state index in [2.05, 4.69) is 20.4 Å². The fraction of sp³-hybridized carbons (Fsp3) is 0.269. The SMILES string of the molecule is Cn1nnc(-c2ccc(-c3cc(COc4cc5c(cn4)[C@H]4[C@H]6C5[C@@]64C(=O)O)c(F)cc3C(F)(F)F)c(F)c2)n1. The first-order valence-electron chi connectivity index (χ1n) is 11.8. The molecule has 4 aliphatic carbocycles. The van der Waals surface area contributed by atoms with Gasteiger partial charge in [0.25, 0.3) is 0 Å². The Morgan fingerprint density at radius 3 is 2.49 bits per heavy atom. The van der Waals surface area contributed by atoms with E-state index in [1.807, 2.05) is 0 Å². The van der Waals surface area contributed by atoms with Crippen molar-refractivity contribution in [2.45, 2.75) is 24.6 Å². The fourth-order valence-corrected chi connectivity index (χ4v) is 6.13. The van der Waals surface area contributed by atoms with E-state index >= 15 is 4.39 Å². The maximum absolute atomic E-state index is 15.1. The zero-order valence-electron chi connectivity index (χ0n) is 19.9. The van der Waals surface area contributed by atoms with Crippen LogP contribution in [0.5, 0.6) is 5.88 Å². The number of aryl methyl sites for hydroxylation is 1. The standard InChI is InChI=1S/C26H16F5N5O3/c1-36-34-23(33-35-36)10-2-3-12(18(28)5-10)13-4-11(17(27)7-16(13)26(29,30)31)9-39-19-6-14-15(8-32-19)21-22-20(14)25(21,22)24(37)38/h2-8,20-22H,9H2,1H3,(H,37,38)/t20?,21-,22+,25-/m0/s1. The van der Waals surface area contributed by atoms with Crippen molar-refractivity contribution in [3.05, 3.63) is 76.5 Å². The first-order valence-corrected chi connectivity index (χ1v) is 11.8. The van der Waals surface area contributed by atoms with Crippen molar-refractivity contribution in [2.75, 3.05) is 0 Å². The van der Waals surface area contributed by atoms with Crippen LogP contribution >= 0.6 is 0 Å². The van der Waals surface area contributed by atoms with Crippen molar-refractivity contribution in [1.29, 1.82) is 0 Å². The molecule has 2 aromatic carbocycles. The predicted molar refractivity (Wildman–Crippen MR) is 122 cm³/mol. The molecule has 39 heavy (non-hydrogen) atoms. The number of rotatable bonds is 6. The number of alkyl halides is 3. The zero-order valence-corrected chi connectivity index (χ0v) is 19.9. The average Bonchev–Trinajstić information content (AvgIpc) is 3.55. The largest absolute Gasteiger partial charge is 0.481 e. The van der Waals surface area contributed by atoms with Crippen LogP contribution in [-0.2, 0) is 24.6 Å². The fourth-order valence-electron chi connectivity index (χ4n) is 6.13. The quantitative estimate of drug-likeness (QED) is 0.353. The molecule has 4 aromatic rings. The molecule has 2 aromatic heterocycles. The molecule has 1 unspecified atom stereocenters. The Bertz CT molecular complexity index is 1720. The van der Waals surface area contributed by atoms with Crippen LogP contribution in [-0.4, -0.2) is 36.3 Å². The highest BCUT2D eigenvalue weighted by atomic mass is 19.4. The minimum absolute atomic E-state index is 0.0440. The van der Waals surface area contributed by atoms with E-state index < -0.39 is 52.5 Å². The van der Waals surface area contributed by atoms with Crippen LogP contribution < -0.4 is 4.74 Å². The van der Waals surface area contributed by atoms with Crippen molar-refractivity contribution in [3.8, 4) is 28.4 Å². The van der Waals surface area contributed by atoms with Gasteiger partial charge in [-0.25, -0.2) is 13.8 Å². The van der Waals surface area contributed by atoms with Gasteiger partial charge in [0.05, 0.1) is 18.0 Å². The molecule has 4 aliphatic rings. The van der Waals surface area contributed by atoms with Gasteiger partial charge < -0.3 is 9.84 Å². The van der Waals surface area contributed by atoms with E-state index in [-0.39, 0.29) is 40.6 Å². The van der Waals surface area contributed by atoms with Crippen LogP contribution in [0.2, 0.25) is 0 Å². The third-order valence-corrected chi connectivity index (χ3v) is 7.96. The number of benzene rings is 2. The second-order valence-corrected chi connectivity index (χ2v) is 9.94. The molecule has 0 radical (unpaired) electrons. The summed E-state index contributed by atoms with van der Waals surface area (Å²) in [5.74, 6) is -2.90. The van der Waals surface area contributed by atoms with Gasteiger partial charge in [0.15, 0.2) is 0 Å². The number of hydrogen-bond acceptors (Lipinski definition) is 6. The number of carboxylic acids is 1. The molecule has 2 heterocycles. The molecule has 0 aliphatic heterocycles. The van der Waals surface area contributed by atoms with Gasteiger partial charge in [-0.05, 0) is 46.0 Å². The number of aromatic nitrogens is 5.